The largest absolute Gasteiger partial charge is 0.759 e. The summed E-state index contributed by atoms with van der Waals surface area (Å²) in [5, 5.41) is 25.5. The van der Waals surface area contributed by atoms with Crippen LogP contribution in [0.5, 0.6) is 0 Å². The van der Waals surface area contributed by atoms with Crippen LogP contribution in [0.1, 0.15) is 37.2 Å². The van der Waals surface area contributed by atoms with Gasteiger partial charge in [0.05, 0.1) is 12.2 Å². The normalized spacial score (nSPS) is 14.9. The summed E-state index contributed by atoms with van der Waals surface area (Å²) in [5.41, 5.74) is 1.92. The van der Waals surface area contributed by atoms with Crippen molar-refractivity contribution < 1.29 is 27.7 Å². The van der Waals surface area contributed by atoms with E-state index in [0.717, 1.165) is 11.1 Å². The molecule has 0 amide bonds. The molecule has 0 bridgehead atoms. The highest BCUT2D eigenvalue weighted by atomic mass is 32.3. The number of benzene rings is 2. The van der Waals surface area contributed by atoms with E-state index in [1.807, 2.05) is 88.6 Å². The molecule has 0 saturated heterocycles. The molecule has 0 aromatic heterocycles. The van der Waals surface area contributed by atoms with Crippen molar-refractivity contribution in [1.82, 2.24) is 10.6 Å². The highest BCUT2D eigenvalue weighted by molar-refractivity contribution is 7.79. The fourth-order valence-corrected chi connectivity index (χ4v) is 2.19. The second-order valence-electron chi connectivity index (χ2n) is 6.27. The van der Waals surface area contributed by atoms with Gasteiger partial charge in [-0.05, 0) is 39.1 Å². The van der Waals surface area contributed by atoms with Crippen LogP contribution in [0.2, 0.25) is 0 Å². The van der Waals surface area contributed by atoms with Crippen molar-refractivity contribution in [2.45, 2.75) is 38.1 Å². The van der Waals surface area contributed by atoms with Gasteiger partial charge in [-0.1, -0.05) is 60.7 Å². The molecule has 0 aliphatic carbocycles. The third kappa shape index (κ3) is 13.1. The zero-order valence-corrected chi connectivity index (χ0v) is 17.8. The topological polar surface area (TPSA) is 145 Å². The Balaban J connectivity index is 0.000000442. The number of rotatable bonds is 6. The van der Waals surface area contributed by atoms with Crippen LogP contribution < -0.4 is 10.6 Å². The van der Waals surface area contributed by atoms with E-state index in [9.17, 15) is 10.2 Å². The molecule has 4 N–H and O–H groups in total. The van der Waals surface area contributed by atoms with E-state index in [2.05, 4.69) is 10.6 Å². The van der Waals surface area contributed by atoms with Crippen LogP contribution >= 0.6 is 0 Å². The SMILES string of the molecule is CN[C@@H](C)[C@H](O)c1ccccc1.CN[C@@H](C)[C@H](O)c1ccccc1.O=S(=O)([O-])[O-]. The van der Waals surface area contributed by atoms with Gasteiger partial charge in [0.15, 0.2) is 0 Å². The van der Waals surface area contributed by atoms with Crippen LogP contribution in [-0.2, 0) is 10.4 Å². The molecule has 0 spiro atoms. The van der Waals surface area contributed by atoms with E-state index in [4.69, 9.17) is 17.5 Å². The first kappa shape index (κ1) is 27.1. The fourth-order valence-electron chi connectivity index (χ4n) is 2.19. The van der Waals surface area contributed by atoms with Gasteiger partial charge >= 0.3 is 0 Å². The van der Waals surface area contributed by atoms with Crippen molar-refractivity contribution >= 4 is 10.4 Å². The van der Waals surface area contributed by atoms with Crippen molar-refractivity contribution in [3.05, 3.63) is 71.8 Å². The van der Waals surface area contributed by atoms with Crippen LogP contribution in [0.15, 0.2) is 60.7 Å². The van der Waals surface area contributed by atoms with Crippen LogP contribution in [-0.4, -0.2) is 53.9 Å². The van der Waals surface area contributed by atoms with Crippen molar-refractivity contribution in [2.75, 3.05) is 14.1 Å². The van der Waals surface area contributed by atoms with Gasteiger partial charge < -0.3 is 30.0 Å². The number of hydrogen-bond donors (Lipinski definition) is 4. The number of hydrogen-bond acceptors (Lipinski definition) is 8. The van der Waals surface area contributed by atoms with Gasteiger partial charge in [0, 0.05) is 22.5 Å². The first-order valence-electron chi connectivity index (χ1n) is 8.98. The first-order chi connectivity index (χ1) is 13.5. The Kier molecular flexibility index (Phi) is 13.3. The average Bonchev–Trinajstić information content (AvgIpc) is 2.72. The van der Waals surface area contributed by atoms with Crippen molar-refractivity contribution in [2.24, 2.45) is 0 Å². The second kappa shape index (κ2) is 14.2. The molecule has 0 aliphatic rings. The predicted molar refractivity (Wildman–Crippen MR) is 110 cm³/mol. The van der Waals surface area contributed by atoms with Gasteiger partial charge in [-0.25, -0.2) is 0 Å². The maximum atomic E-state index is 9.73. The van der Waals surface area contributed by atoms with Crippen molar-refractivity contribution in [3.63, 3.8) is 0 Å². The summed E-state index contributed by atoms with van der Waals surface area (Å²) in [6.45, 7) is 3.91. The highest BCUT2D eigenvalue weighted by Gasteiger charge is 2.13. The van der Waals surface area contributed by atoms with E-state index >= 15 is 0 Å². The molecular formula is C20H30N2O6S-2. The van der Waals surface area contributed by atoms with Gasteiger partial charge in [-0.15, -0.1) is 0 Å². The number of nitrogens with one attached hydrogen (secondary N) is 2. The smallest absolute Gasteiger partial charge is 0.0940 e. The quantitative estimate of drug-likeness (QED) is 0.400. The summed E-state index contributed by atoms with van der Waals surface area (Å²) in [6, 6.07) is 19.5. The summed E-state index contributed by atoms with van der Waals surface area (Å²) >= 11 is 0. The van der Waals surface area contributed by atoms with Crippen LogP contribution in [0.4, 0.5) is 0 Å². The lowest BCUT2D eigenvalue weighted by molar-refractivity contribution is 0.140. The zero-order valence-electron chi connectivity index (χ0n) is 17.0. The Morgan fingerprint density at radius 1 is 0.724 bits per heavy atom. The molecule has 2 rings (SSSR count). The Morgan fingerprint density at radius 2 is 0.966 bits per heavy atom. The Bertz CT molecular complexity index is 700. The minimum atomic E-state index is -5.17. The fraction of sp³-hybridized carbons (Fsp3) is 0.400. The molecule has 164 valence electrons. The van der Waals surface area contributed by atoms with Gasteiger partial charge in [0.25, 0.3) is 0 Å². The molecule has 0 heterocycles. The molecular weight excluding hydrogens is 396 g/mol. The van der Waals surface area contributed by atoms with E-state index in [0.29, 0.717) is 0 Å². The van der Waals surface area contributed by atoms with Gasteiger partial charge in [0.1, 0.15) is 0 Å². The van der Waals surface area contributed by atoms with Crippen molar-refractivity contribution in [3.8, 4) is 0 Å². The molecule has 0 saturated carbocycles. The van der Waals surface area contributed by atoms with E-state index < -0.39 is 22.6 Å². The average molecular weight is 427 g/mol. The number of aliphatic hydroxyl groups is 2. The van der Waals surface area contributed by atoms with Crippen LogP contribution in [0.25, 0.3) is 0 Å². The molecule has 8 nitrogen and oxygen atoms in total. The van der Waals surface area contributed by atoms with Crippen molar-refractivity contribution in [1.29, 1.82) is 0 Å². The molecule has 4 atom stereocenters. The Morgan fingerprint density at radius 3 is 1.17 bits per heavy atom. The summed E-state index contributed by atoms with van der Waals surface area (Å²) < 4.78 is 34.1. The summed E-state index contributed by atoms with van der Waals surface area (Å²) in [4.78, 5) is 0. The highest BCUT2D eigenvalue weighted by Crippen LogP contribution is 2.16. The lowest BCUT2D eigenvalue weighted by Gasteiger charge is -2.17. The molecule has 0 radical (unpaired) electrons. The Labute approximate surface area is 173 Å². The van der Waals surface area contributed by atoms with Gasteiger partial charge in [-0.3, -0.25) is 8.42 Å². The Hall–Kier alpha value is -1.85. The molecule has 2 aromatic rings. The summed E-state index contributed by atoms with van der Waals surface area (Å²) in [7, 11) is -1.48. The standard InChI is InChI=1S/2C10H15NO.H2O4S/c2*1-8(11-2)10(12)9-6-4-3-5-7-9;1-5(2,3)4/h2*3-8,10-12H,1-2H3;(H2,1,2,3,4)/p-2/t2*8-,10-;/m00./s1. The summed E-state index contributed by atoms with van der Waals surface area (Å²) in [6.07, 6.45) is -0.840. The van der Waals surface area contributed by atoms with Gasteiger partial charge in [-0.2, -0.15) is 0 Å². The minimum absolute atomic E-state index is 0.0902. The molecule has 0 fully saturated rings. The maximum absolute atomic E-state index is 9.73. The maximum Gasteiger partial charge on any atom is 0.0940 e. The molecule has 0 aliphatic heterocycles. The lowest BCUT2D eigenvalue weighted by atomic mass is 10.0. The number of aliphatic hydroxyl groups excluding tert-OH is 2. The van der Waals surface area contributed by atoms with E-state index in [1.54, 1.807) is 0 Å². The monoisotopic (exact) mass is 426 g/mol. The molecule has 2 aromatic carbocycles. The van der Waals surface area contributed by atoms with Gasteiger partial charge in [0.2, 0.25) is 0 Å². The molecule has 0 unspecified atom stereocenters. The van der Waals surface area contributed by atoms with E-state index in [-0.39, 0.29) is 12.1 Å². The minimum Gasteiger partial charge on any atom is -0.759 e. The first-order valence-corrected chi connectivity index (χ1v) is 10.3. The molecule has 9 heteroatoms. The third-order valence-corrected chi connectivity index (χ3v) is 4.14. The lowest BCUT2D eigenvalue weighted by Crippen LogP contribution is -2.28. The predicted octanol–water partition coefficient (Wildman–Crippen LogP) is 1.32. The van der Waals surface area contributed by atoms with Crippen LogP contribution in [0, 0.1) is 0 Å². The third-order valence-electron chi connectivity index (χ3n) is 4.14. The number of likely N-dealkylation sites (N-methyl/N-ethyl adjacent to an activating group) is 2. The zero-order chi connectivity index (χ0) is 22.4. The summed E-state index contributed by atoms with van der Waals surface area (Å²) in [5.74, 6) is 0. The van der Waals surface area contributed by atoms with Crippen LogP contribution in [0.3, 0.4) is 0 Å². The second-order valence-corrected chi connectivity index (χ2v) is 7.09. The van der Waals surface area contributed by atoms with E-state index in [1.165, 1.54) is 0 Å². The molecule has 29 heavy (non-hydrogen) atoms.